The van der Waals surface area contributed by atoms with Gasteiger partial charge in [-0.15, -0.1) is 0 Å². The van der Waals surface area contributed by atoms with Gasteiger partial charge in [-0.1, -0.05) is 6.92 Å². The van der Waals surface area contributed by atoms with Crippen molar-refractivity contribution < 1.29 is 9.59 Å². The highest BCUT2D eigenvalue weighted by Gasteiger charge is 2.36. The summed E-state index contributed by atoms with van der Waals surface area (Å²) in [6.45, 7) is 12.0. The minimum Gasteiger partial charge on any atom is -0.342 e. The lowest BCUT2D eigenvalue weighted by atomic mass is 10.0. The first kappa shape index (κ1) is 17.7. The summed E-state index contributed by atoms with van der Waals surface area (Å²) in [7, 11) is 0. The molecule has 0 radical (unpaired) electrons. The van der Waals surface area contributed by atoms with Crippen molar-refractivity contribution in [2.75, 3.05) is 58.9 Å². The minimum atomic E-state index is 0.183. The van der Waals surface area contributed by atoms with E-state index in [1.54, 1.807) is 6.92 Å². The standard InChI is InChI=1S/C18H32N4O2/c1-15-12-19(14-18(24)22-6-4-3-5-7-22)13-17(15)21-10-8-20(9-11-21)16(2)23/h15,17H,3-14H2,1-2H3/t15-,17-/m1/s1. The number of piperidine rings is 1. The van der Waals surface area contributed by atoms with Crippen LogP contribution in [-0.4, -0.2) is 96.4 Å². The lowest BCUT2D eigenvalue weighted by Crippen LogP contribution is -2.53. The van der Waals surface area contributed by atoms with Gasteiger partial charge in [0.25, 0.3) is 0 Å². The van der Waals surface area contributed by atoms with Crippen molar-refractivity contribution in [3.63, 3.8) is 0 Å². The van der Waals surface area contributed by atoms with Crippen molar-refractivity contribution in [2.45, 2.75) is 39.2 Å². The van der Waals surface area contributed by atoms with Crippen molar-refractivity contribution in [3.8, 4) is 0 Å². The van der Waals surface area contributed by atoms with Gasteiger partial charge < -0.3 is 9.80 Å². The van der Waals surface area contributed by atoms with Crippen LogP contribution in [0.2, 0.25) is 0 Å². The molecule has 6 heteroatoms. The van der Waals surface area contributed by atoms with E-state index in [1.807, 2.05) is 9.80 Å². The van der Waals surface area contributed by atoms with E-state index in [-0.39, 0.29) is 5.91 Å². The fourth-order valence-electron chi connectivity index (χ4n) is 4.46. The highest BCUT2D eigenvalue weighted by atomic mass is 16.2. The van der Waals surface area contributed by atoms with Crippen LogP contribution < -0.4 is 0 Å². The number of hydrogen-bond donors (Lipinski definition) is 0. The molecule has 0 spiro atoms. The van der Waals surface area contributed by atoms with Gasteiger partial charge in [-0.25, -0.2) is 0 Å². The lowest BCUT2D eigenvalue weighted by molar-refractivity contribution is -0.133. The number of rotatable bonds is 3. The molecule has 3 aliphatic rings. The Hall–Kier alpha value is -1.14. The molecule has 3 aliphatic heterocycles. The molecule has 3 saturated heterocycles. The molecule has 136 valence electrons. The summed E-state index contributed by atoms with van der Waals surface area (Å²) in [5.74, 6) is 1.08. The summed E-state index contributed by atoms with van der Waals surface area (Å²) in [6.07, 6.45) is 3.58. The fraction of sp³-hybridized carbons (Fsp3) is 0.889. The third kappa shape index (κ3) is 4.09. The molecule has 3 fully saturated rings. The third-order valence-electron chi connectivity index (χ3n) is 5.94. The highest BCUT2D eigenvalue weighted by molar-refractivity contribution is 5.78. The molecule has 0 aliphatic carbocycles. The summed E-state index contributed by atoms with van der Waals surface area (Å²) < 4.78 is 0. The van der Waals surface area contributed by atoms with E-state index in [4.69, 9.17) is 0 Å². The zero-order valence-corrected chi connectivity index (χ0v) is 15.2. The van der Waals surface area contributed by atoms with Crippen LogP contribution in [0.5, 0.6) is 0 Å². The molecule has 0 N–H and O–H groups in total. The van der Waals surface area contributed by atoms with Crippen LogP contribution in [0.4, 0.5) is 0 Å². The van der Waals surface area contributed by atoms with Gasteiger partial charge >= 0.3 is 0 Å². The Balaban J connectivity index is 1.48. The highest BCUT2D eigenvalue weighted by Crippen LogP contribution is 2.23. The number of hydrogen-bond acceptors (Lipinski definition) is 4. The van der Waals surface area contributed by atoms with Crippen molar-refractivity contribution in [2.24, 2.45) is 5.92 Å². The maximum Gasteiger partial charge on any atom is 0.236 e. The quantitative estimate of drug-likeness (QED) is 0.752. The molecule has 0 bridgehead atoms. The Bertz CT molecular complexity index is 456. The molecule has 2 amide bonds. The molecule has 6 nitrogen and oxygen atoms in total. The predicted molar refractivity (Wildman–Crippen MR) is 93.7 cm³/mol. The number of piperazine rings is 1. The molecule has 0 aromatic heterocycles. The molecule has 0 aromatic rings. The van der Waals surface area contributed by atoms with Crippen molar-refractivity contribution in [1.29, 1.82) is 0 Å². The molecule has 0 aromatic carbocycles. The Morgan fingerprint density at radius 3 is 2.17 bits per heavy atom. The van der Waals surface area contributed by atoms with Gasteiger partial charge in [0, 0.05) is 65.3 Å². The lowest BCUT2D eigenvalue weighted by Gasteiger charge is -2.39. The first-order valence-electron chi connectivity index (χ1n) is 9.54. The number of amides is 2. The number of carbonyl (C=O) groups excluding carboxylic acids is 2. The zero-order valence-electron chi connectivity index (χ0n) is 15.2. The molecular formula is C18H32N4O2. The number of nitrogens with zero attached hydrogens (tertiary/aromatic N) is 4. The summed E-state index contributed by atoms with van der Waals surface area (Å²) >= 11 is 0. The van der Waals surface area contributed by atoms with Gasteiger partial charge in [-0.05, 0) is 25.2 Å². The number of carbonyl (C=O) groups is 2. The Kier molecular flexibility index (Phi) is 5.76. The van der Waals surface area contributed by atoms with Crippen LogP contribution in [0.25, 0.3) is 0 Å². The van der Waals surface area contributed by atoms with Gasteiger partial charge in [-0.2, -0.15) is 0 Å². The van der Waals surface area contributed by atoms with Crippen LogP contribution >= 0.6 is 0 Å². The largest absolute Gasteiger partial charge is 0.342 e. The van der Waals surface area contributed by atoms with Crippen molar-refractivity contribution in [1.82, 2.24) is 19.6 Å². The third-order valence-corrected chi connectivity index (χ3v) is 5.94. The summed E-state index contributed by atoms with van der Waals surface area (Å²) in [4.78, 5) is 32.8. The second-order valence-electron chi connectivity index (χ2n) is 7.72. The summed E-state index contributed by atoms with van der Waals surface area (Å²) in [5, 5.41) is 0. The fourth-order valence-corrected chi connectivity index (χ4v) is 4.46. The van der Waals surface area contributed by atoms with E-state index in [0.29, 0.717) is 24.4 Å². The van der Waals surface area contributed by atoms with Gasteiger partial charge in [0.2, 0.25) is 11.8 Å². The van der Waals surface area contributed by atoms with Gasteiger partial charge in [0.1, 0.15) is 0 Å². The predicted octanol–water partition coefficient (Wildman–Crippen LogP) is 0.483. The maximum atomic E-state index is 12.5. The summed E-state index contributed by atoms with van der Waals surface area (Å²) in [6, 6.07) is 0.522. The minimum absolute atomic E-state index is 0.183. The SMILES string of the molecule is CC(=O)N1CCN([C@@H]2CN(CC(=O)N3CCCCC3)C[C@H]2C)CC1. The van der Waals surface area contributed by atoms with Crippen LogP contribution in [0.1, 0.15) is 33.1 Å². The molecular weight excluding hydrogens is 304 g/mol. The zero-order chi connectivity index (χ0) is 17.1. The maximum absolute atomic E-state index is 12.5. The topological polar surface area (TPSA) is 47.1 Å². The van der Waals surface area contributed by atoms with Gasteiger partial charge in [-0.3, -0.25) is 19.4 Å². The van der Waals surface area contributed by atoms with E-state index < -0.39 is 0 Å². The molecule has 3 heterocycles. The van der Waals surface area contributed by atoms with E-state index >= 15 is 0 Å². The van der Waals surface area contributed by atoms with E-state index in [1.165, 1.54) is 6.42 Å². The molecule has 24 heavy (non-hydrogen) atoms. The Labute approximate surface area is 145 Å². The Morgan fingerprint density at radius 2 is 1.54 bits per heavy atom. The first-order valence-corrected chi connectivity index (χ1v) is 9.54. The van der Waals surface area contributed by atoms with E-state index in [9.17, 15) is 9.59 Å². The average Bonchev–Trinajstić information content (AvgIpc) is 2.96. The molecule has 0 saturated carbocycles. The molecule has 2 atom stereocenters. The second kappa shape index (κ2) is 7.83. The van der Waals surface area contributed by atoms with Crippen LogP contribution in [0.15, 0.2) is 0 Å². The Morgan fingerprint density at radius 1 is 0.875 bits per heavy atom. The van der Waals surface area contributed by atoms with Crippen LogP contribution in [0.3, 0.4) is 0 Å². The van der Waals surface area contributed by atoms with Crippen LogP contribution in [0, 0.1) is 5.92 Å². The van der Waals surface area contributed by atoms with Gasteiger partial charge in [0.15, 0.2) is 0 Å². The van der Waals surface area contributed by atoms with Crippen LogP contribution in [-0.2, 0) is 9.59 Å². The van der Waals surface area contributed by atoms with Gasteiger partial charge in [0.05, 0.1) is 6.54 Å². The first-order chi connectivity index (χ1) is 11.5. The molecule has 0 unspecified atom stereocenters. The second-order valence-corrected chi connectivity index (χ2v) is 7.72. The van der Waals surface area contributed by atoms with E-state index in [2.05, 4.69) is 16.7 Å². The van der Waals surface area contributed by atoms with E-state index in [0.717, 1.165) is 65.2 Å². The smallest absolute Gasteiger partial charge is 0.236 e. The normalized spacial score (nSPS) is 29.9. The summed E-state index contributed by atoms with van der Waals surface area (Å²) in [5.41, 5.74) is 0. The average molecular weight is 336 g/mol. The van der Waals surface area contributed by atoms with Crippen molar-refractivity contribution >= 4 is 11.8 Å². The number of likely N-dealkylation sites (tertiary alicyclic amines) is 2. The molecule has 3 rings (SSSR count). The monoisotopic (exact) mass is 336 g/mol. The van der Waals surface area contributed by atoms with Crippen molar-refractivity contribution in [3.05, 3.63) is 0 Å².